The van der Waals surface area contributed by atoms with Crippen molar-refractivity contribution in [2.75, 3.05) is 6.54 Å². The Balaban J connectivity index is 1.67. The second-order valence-corrected chi connectivity index (χ2v) is 5.32. The Kier molecular flexibility index (Phi) is 5.84. The molecule has 0 heterocycles. The second-order valence-electron chi connectivity index (χ2n) is 4.47. The third kappa shape index (κ3) is 5.19. The molecule has 2 aromatic rings. The molecular formula is C16H17ClN2S. The molecule has 2 rings (SSSR count). The molecule has 2 nitrogen and oxygen atoms in total. The predicted molar refractivity (Wildman–Crippen MR) is 89.0 cm³/mol. The van der Waals surface area contributed by atoms with Crippen LogP contribution >= 0.6 is 23.8 Å². The SMILES string of the molecule is S=C(NCCc1ccccc1)NCc1ccc(Cl)cc1. The van der Waals surface area contributed by atoms with Crippen molar-refractivity contribution in [2.24, 2.45) is 0 Å². The molecule has 0 bridgehead atoms. The Labute approximate surface area is 130 Å². The van der Waals surface area contributed by atoms with Gasteiger partial charge in [0.15, 0.2) is 5.11 Å². The van der Waals surface area contributed by atoms with Crippen LogP contribution in [0.5, 0.6) is 0 Å². The maximum Gasteiger partial charge on any atom is 0.166 e. The van der Waals surface area contributed by atoms with Gasteiger partial charge in [0, 0.05) is 18.1 Å². The largest absolute Gasteiger partial charge is 0.362 e. The standard InChI is InChI=1S/C16H17ClN2S/c17-15-8-6-14(7-9-15)12-19-16(20)18-11-10-13-4-2-1-3-5-13/h1-9H,10-12H2,(H2,18,19,20). The number of benzene rings is 2. The van der Waals surface area contributed by atoms with Crippen LogP contribution in [0.4, 0.5) is 0 Å². The molecule has 0 saturated carbocycles. The van der Waals surface area contributed by atoms with Crippen molar-refractivity contribution in [1.82, 2.24) is 10.6 Å². The third-order valence-electron chi connectivity index (χ3n) is 2.91. The van der Waals surface area contributed by atoms with Crippen LogP contribution in [0.15, 0.2) is 54.6 Å². The zero-order chi connectivity index (χ0) is 14.2. The van der Waals surface area contributed by atoms with Crippen LogP contribution in [0.1, 0.15) is 11.1 Å². The molecule has 4 heteroatoms. The highest BCUT2D eigenvalue weighted by Gasteiger charge is 1.97. The molecule has 0 amide bonds. The van der Waals surface area contributed by atoms with Crippen LogP contribution in [-0.4, -0.2) is 11.7 Å². The average molecular weight is 305 g/mol. The minimum Gasteiger partial charge on any atom is -0.362 e. The Morgan fingerprint density at radius 1 is 0.900 bits per heavy atom. The number of halogens is 1. The Morgan fingerprint density at radius 3 is 2.30 bits per heavy atom. The molecule has 0 spiro atoms. The average Bonchev–Trinajstić information content (AvgIpc) is 2.48. The first-order valence-electron chi connectivity index (χ1n) is 6.54. The number of thiocarbonyl (C=S) groups is 1. The van der Waals surface area contributed by atoms with Crippen molar-refractivity contribution in [1.29, 1.82) is 0 Å². The fourth-order valence-corrected chi connectivity index (χ4v) is 2.11. The summed E-state index contributed by atoms with van der Waals surface area (Å²) in [5.41, 5.74) is 2.46. The van der Waals surface area contributed by atoms with Crippen molar-refractivity contribution in [3.8, 4) is 0 Å². The molecule has 0 radical (unpaired) electrons. The van der Waals surface area contributed by atoms with E-state index in [1.54, 1.807) is 0 Å². The van der Waals surface area contributed by atoms with E-state index in [-0.39, 0.29) is 0 Å². The van der Waals surface area contributed by atoms with Crippen LogP contribution in [0.25, 0.3) is 0 Å². The van der Waals surface area contributed by atoms with E-state index >= 15 is 0 Å². The lowest BCUT2D eigenvalue weighted by Crippen LogP contribution is -2.35. The van der Waals surface area contributed by atoms with Crippen molar-refractivity contribution < 1.29 is 0 Å². The Morgan fingerprint density at radius 2 is 1.60 bits per heavy atom. The van der Waals surface area contributed by atoms with Crippen molar-refractivity contribution >= 4 is 28.9 Å². The first-order chi connectivity index (χ1) is 9.74. The minimum absolute atomic E-state index is 0.677. The van der Waals surface area contributed by atoms with Crippen LogP contribution < -0.4 is 10.6 Å². The number of hydrogen-bond acceptors (Lipinski definition) is 1. The zero-order valence-corrected chi connectivity index (χ0v) is 12.7. The highest BCUT2D eigenvalue weighted by Crippen LogP contribution is 2.09. The Hall–Kier alpha value is -1.58. The number of hydrogen-bond donors (Lipinski definition) is 2. The molecule has 0 saturated heterocycles. The van der Waals surface area contributed by atoms with Gasteiger partial charge in [0.25, 0.3) is 0 Å². The molecular weight excluding hydrogens is 288 g/mol. The lowest BCUT2D eigenvalue weighted by atomic mass is 10.1. The summed E-state index contributed by atoms with van der Waals surface area (Å²) in [6, 6.07) is 18.1. The molecule has 20 heavy (non-hydrogen) atoms. The monoisotopic (exact) mass is 304 g/mol. The van der Waals surface area contributed by atoms with Gasteiger partial charge < -0.3 is 10.6 Å². The lowest BCUT2D eigenvalue weighted by Gasteiger charge is -2.10. The van der Waals surface area contributed by atoms with E-state index in [0.29, 0.717) is 11.7 Å². The molecule has 0 aromatic heterocycles. The Bertz CT molecular complexity index is 540. The number of rotatable bonds is 5. The topological polar surface area (TPSA) is 24.1 Å². The molecule has 0 fully saturated rings. The van der Waals surface area contributed by atoms with Crippen LogP contribution in [0.2, 0.25) is 5.02 Å². The zero-order valence-electron chi connectivity index (χ0n) is 11.1. The fraction of sp³-hybridized carbons (Fsp3) is 0.188. The molecule has 0 unspecified atom stereocenters. The van der Waals surface area contributed by atoms with Gasteiger partial charge in [-0.3, -0.25) is 0 Å². The van der Waals surface area contributed by atoms with Crippen LogP contribution in [0, 0.1) is 0 Å². The van der Waals surface area contributed by atoms with E-state index in [4.69, 9.17) is 23.8 Å². The van der Waals surface area contributed by atoms with E-state index in [9.17, 15) is 0 Å². The number of nitrogens with one attached hydrogen (secondary N) is 2. The molecule has 0 aliphatic carbocycles. The van der Waals surface area contributed by atoms with Gasteiger partial charge in [0.1, 0.15) is 0 Å². The summed E-state index contributed by atoms with van der Waals surface area (Å²) in [5, 5.41) is 7.81. The quantitative estimate of drug-likeness (QED) is 0.826. The summed E-state index contributed by atoms with van der Waals surface area (Å²) < 4.78 is 0. The van der Waals surface area contributed by atoms with Gasteiger partial charge in [0.05, 0.1) is 0 Å². The van der Waals surface area contributed by atoms with E-state index in [2.05, 4.69) is 22.8 Å². The van der Waals surface area contributed by atoms with Crippen molar-refractivity contribution in [2.45, 2.75) is 13.0 Å². The smallest absolute Gasteiger partial charge is 0.166 e. The highest BCUT2D eigenvalue weighted by molar-refractivity contribution is 7.80. The van der Waals surface area contributed by atoms with E-state index in [0.717, 1.165) is 23.6 Å². The summed E-state index contributed by atoms with van der Waals surface area (Å²) in [4.78, 5) is 0. The van der Waals surface area contributed by atoms with Crippen LogP contribution in [-0.2, 0) is 13.0 Å². The highest BCUT2D eigenvalue weighted by atomic mass is 35.5. The first kappa shape index (κ1) is 14.8. The van der Waals surface area contributed by atoms with Gasteiger partial charge in [-0.25, -0.2) is 0 Å². The summed E-state index contributed by atoms with van der Waals surface area (Å²) >= 11 is 11.1. The van der Waals surface area contributed by atoms with Gasteiger partial charge in [-0.15, -0.1) is 0 Å². The third-order valence-corrected chi connectivity index (χ3v) is 3.45. The van der Waals surface area contributed by atoms with Gasteiger partial charge in [0.2, 0.25) is 0 Å². The maximum atomic E-state index is 5.84. The molecule has 0 atom stereocenters. The summed E-state index contributed by atoms with van der Waals surface area (Å²) in [6.45, 7) is 1.53. The molecule has 0 aliphatic rings. The maximum absolute atomic E-state index is 5.84. The summed E-state index contributed by atoms with van der Waals surface area (Å²) in [6.07, 6.45) is 0.962. The lowest BCUT2D eigenvalue weighted by molar-refractivity contribution is 0.815. The van der Waals surface area contributed by atoms with Crippen molar-refractivity contribution in [3.05, 3.63) is 70.7 Å². The minimum atomic E-state index is 0.677. The van der Waals surface area contributed by atoms with Crippen molar-refractivity contribution in [3.63, 3.8) is 0 Å². The molecule has 104 valence electrons. The van der Waals surface area contributed by atoms with E-state index in [1.807, 2.05) is 42.5 Å². The first-order valence-corrected chi connectivity index (χ1v) is 7.33. The predicted octanol–water partition coefficient (Wildman–Crippen LogP) is 3.55. The second kappa shape index (κ2) is 7.88. The van der Waals surface area contributed by atoms with Gasteiger partial charge >= 0.3 is 0 Å². The van der Waals surface area contributed by atoms with Gasteiger partial charge in [-0.2, -0.15) is 0 Å². The van der Waals surface area contributed by atoms with Gasteiger partial charge in [-0.05, 0) is 41.9 Å². The molecule has 0 aliphatic heterocycles. The summed E-state index contributed by atoms with van der Waals surface area (Å²) in [5.74, 6) is 0. The van der Waals surface area contributed by atoms with Gasteiger partial charge in [-0.1, -0.05) is 54.1 Å². The van der Waals surface area contributed by atoms with E-state index in [1.165, 1.54) is 5.56 Å². The molecule has 2 N–H and O–H groups in total. The molecule has 2 aromatic carbocycles. The summed E-state index contributed by atoms with van der Waals surface area (Å²) in [7, 11) is 0. The normalized spacial score (nSPS) is 10.1. The fourth-order valence-electron chi connectivity index (χ4n) is 1.81. The van der Waals surface area contributed by atoms with E-state index < -0.39 is 0 Å². The van der Waals surface area contributed by atoms with Crippen LogP contribution in [0.3, 0.4) is 0 Å².